The number of carbonyl (C=O) groups excluding carboxylic acids is 1. The molecule has 0 heterocycles. The Labute approximate surface area is 115 Å². The molecule has 4 nitrogen and oxygen atoms in total. The highest BCUT2D eigenvalue weighted by Crippen LogP contribution is 2.19. The second-order valence-electron chi connectivity index (χ2n) is 5.31. The number of nitrogens with two attached hydrogens (primary N) is 1. The number of rotatable bonds is 6. The molecule has 0 spiro atoms. The molecule has 0 fully saturated rings. The summed E-state index contributed by atoms with van der Waals surface area (Å²) in [5, 5.41) is 0. The lowest BCUT2D eigenvalue weighted by molar-refractivity contribution is -0.134. The molecule has 1 unspecified atom stereocenters. The molecular weight excluding hydrogens is 240 g/mol. The maximum absolute atomic E-state index is 12.0. The van der Waals surface area contributed by atoms with Crippen LogP contribution in [0.1, 0.15) is 27.2 Å². The van der Waals surface area contributed by atoms with Gasteiger partial charge < -0.3 is 15.4 Å². The van der Waals surface area contributed by atoms with Crippen LogP contribution in [0.5, 0.6) is 5.75 Å². The maximum atomic E-state index is 12.0. The third kappa shape index (κ3) is 4.81. The van der Waals surface area contributed by atoms with Crippen molar-refractivity contribution in [2.24, 2.45) is 5.92 Å². The van der Waals surface area contributed by atoms with Crippen molar-refractivity contribution in [1.29, 1.82) is 0 Å². The van der Waals surface area contributed by atoms with Gasteiger partial charge in [-0.25, -0.2) is 0 Å². The van der Waals surface area contributed by atoms with Gasteiger partial charge in [0.1, 0.15) is 5.75 Å². The fraction of sp³-hybridized carbons (Fsp3) is 0.533. The number of para-hydroxylation sites is 2. The largest absolute Gasteiger partial charge is 0.482 e. The van der Waals surface area contributed by atoms with Crippen LogP contribution < -0.4 is 10.5 Å². The van der Waals surface area contributed by atoms with Crippen LogP contribution in [0.3, 0.4) is 0 Å². The average molecular weight is 264 g/mol. The van der Waals surface area contributed by atoms with E-state index in [9.17, 15) is 4.79 Å². The topological polar surface area (TPSA) is 55.6 Å². The van der Waals surface area contributed by atoms with Crippen molar-refractivity contribution in [2.45, 2.75) is 33.2 Å². The van der Waals surface area contributed by atoms with Crippen LogP contribution >= 0.6 is 0 Å². The Morgan fingerprint density at radius 2 is 1.95 bits per heavy atom. The van der Waals surface area contributed by atoms with Gasteiger partial charge in [-0.3, -0.25) is 4.79 Å². The molecule has 1 rings (SSSR count). The Morgan fingerprint density at radius 1 is 1.32 bits per heavy atom. The number of likely N-dealkylation sites (N-methyl/N-ethyl adjacent to an activating group) is 1. The normalized spacial score (nSPS) is 12.3. The first kappa shape index (κ1) is 15.3. The highest BCUT2D eigenvalue weighted by Gasteiger charge is 2.17. The van der Waals surface area contributed by atoms with E-state index in [1.807, 2.05) is 19.2 Å². The molecule has 0 aliphatic carbocycles. The smallest absolute Gasteiger partial charge is 0.260 e. The van der Waals surface area contributed by atoms with Crippen molar-refractivity contribution in [2.75, 3.05) is 19.4 Å². The van der Waals surface area contributed by atoms with Crippen molar-refractivity contribution < 1.29 is 9.53 Å². The van der Waals surface area contributed by atoms with E-state index in [4.69, 9.17) is 10.5 Å². The van der Waals surface area contributed by atoms with Crippen LogP contribution in [0, 0.1) is 5.92 Å². The summed E-state index contributed by atoms with van der Waals surface area (Å²) >= 11 is 0. The van der Waals surface area contributed by atoms with Crippen LogP contribution in [0.2, 0.25) is 0 Å². The van der Waals surface area contributed by atoms with Gasteiger partial charge in [0.15, 0.2) is 6.61 Å². The summed E-state index contributed by atoms with van der Waals surface area (Å²) in [5.41, 5.74) is 6.31. The van der Waals surface area contributed by atoms with E-state index in [1.165, 1.54) is 0 Å². The standard InChI is InChI=1S/C15H24N2O2/c1-11(2)9-12(3)17(4)15(18)10-19-14-8-6-5-7-13(14)16/h5-8,11-12H,9-10,16H2,1-4H3. The first-order valence-electron chi connectivity index (χ1n) is 6.64. The average Bonchev–Trinajstić information content (AvgIpc) is 2.35. The lowest BCUT2D eigenvalue weighted by atomic mass is 10.0. The first-order chi connectivity index (χ1) is 8.91. The van der Waals surface area contributed by atoms with Crippen molar-refractivity contribution in [3.8, 4) is 5.75 Å². The van der Waals surface area contributed by atoms with E-state index in [2.05, 4.69) is 20.8 Å². The highest BCUT2D eigenvalue weighted by atomic mass is 16.5. The minimum Gasteiger partial charge on any atom is -0.482 e. The van der Waals surface area contributed by atoms with E-state index in [0.717, 1.165) is 6.42 Å². The fourth-order valence-electron chi connectivity index (χ4n) is 1.94. The predicted octanol–water partition coefficient (Wildman–Crippen LogP) is 2.54. The van der Waals surface area contributed by atoms with Gasteiger partial charge in [-0.05, 0) is 31.4 Å². The molecular formula is C15H24N2O2. The number of nitrogens with zero attached hydrogens (tertiary/aromatic N) is 1. The summed E-state index contributed by atoms with van der Waals surface area (Å²) in [7, 11) is 1.81. The van der Waals surface area contributed by atoms with Crippen LogP contribution in [-0.4, -0.2) is 30.5 Å². The minimum absolute atomic E-state index is 0.0210. The Balaban J connectivity index is 2.49. The maximum Gasteiger partial charge on any atom is 0.260 e. The van der Waals surface area contributed by atoms with Gasteiger partial charge in [0.05, 0.1) is 5.69 Å². The lowest BCUT2D eigenvalue weighted by Gasteiger charge is -2.26. The zero-order valence-electron chi connectivity index (χ0n) is 12.2. The van der Waals surface area contributed by atoms with Crippen LogP contribution in [-0.2, 0) is 4.79 Å². The van der Waals surface area contributed by atoms with Gasteiger partial charge in [0, 0.05) is 13.1 Å². The summed E-state index contributed by atoms with van der Waals surface area (Å²) in [5.74, 6) is 1.09. The molecule has 0 aliphatic heterocycles. The summed E-state index contributed by atoms with van der Waals surface area (Å²) < 4.78 is 5.46. The van der Waals surface area contributed by atoms with Crippen LogP contribution in [0.25, 0.3) is 0 Å². The van der Waals surface area contributed by atoms with Crippen molar-refractivity contribution in [3.63, 3.8) is 0 Å². The second-order valence-corrected chi connectivity index (χ2v) is 5.31. The predicted molar refractivity (Wildman–Crippen MR) is 78.0 cm³/mol. The molecule has 0 bridgehead atoms. The summed E-state index contributed by atoms with van der Waals surface area (Å²) in [4.78, 5) is 13.7. The van der Waals surface area contributed by atoms with Crippen molar-refractivity contribution >= 4 is 11.6 Å². The minimum atomic E-state index is -0.0311. The third-order valence-electron chi connectivity index (χ3n) is 3.14. The van der Waals surface area contributed by atoms with E-state index >= 15 is 0 Å². The molecule has 1 aromatic rings. The number of hydrogen-bond acceptors (Lipinski definition) is 3. The zero-order chi connectivity index (χ0) is 14.4. The molecule has 0 radical (unpaired) electrons. The summed E-state index contributed by atoms with van der Waals surface area (Å²) in [6.45, 7) is 6.37. The quantitative estimate of drug-likeness (QED) is 0.803. The SMILES string of the molecule is CC(C)CC(C)N(C)C(=O)COc1ccccc1N. The number of carbonyl (C=O) groups is 1. The molecule has 2 N–H and O–H groups in total. The molecule has 0 saturated carbocycles. The van der Waals surface area contributed by atoms with Crippen molar-refractivity contribution in [3.05, 3.63) is 24.3 Å². The van der Waals surface area contributed by atoms with Gasteiger partial charge >= 0.3 is 0 Å². The third-order valence-corrected chi connectivity index (χ3v) is 3.14. The number of benzene rings is 1. The molecule has 1 atom stereocenters. The summed E-state index contributed by atoms with van der Waals surface area (Å²) in [6.07, 6.45) is 0.982. The lowest BCUT2D eigenvalue weighted by Crippen LogP contribution is -2.38. The van der Waals surface area contributed by atoms with Gasteiger partial charge in [0.2, 0.25) is 0 Å². The molecule has 4 heteroatoms. The second kappa shape index (κ2) is 7.02. The molecule has 0 aliphatic rings. The Kier molecular flexibility index (Phi) is 5.67. The number of ether oxygens (including phenoxy) is 1. The van der Waals surface area contributed by atoms with Gasteiger partial charge in [0.25, 0.3) is 5.91 Å². The Hall–Kier alpha value is -1.71. The van der Waals surface area contributed by atoms with E-state index < -0.39 is 0 Å². The van der Waals surface area contributed by atoms with Gasteiger partial charge in [-0.2, -0.15) is 0 Å². The Morgan fingerprint density at radius 3 is 2.53 bits per heavy atom. The molecule has 106 valence electrons. The van der Waals surface area contributed by atoms with E-state index in [1.54, 1.807) is 17.0 Å². The zero-order valence-corrected chi connectivity index (χ0v) is 12.2. The van der Waals surface area contributed by atoms with Gasteiger partial charge in [-0.15, -0.1) is 0 Å². The fourth-order valence-corrected chi connectivity index (χ4v) is 1.94. The number of anilines is 1. The molecule has 1 amide bonds. The highest BCUT2D eigenvalue weighted by molar-refractivity contribution is 5.78. The van der Waals surface area contributed by atoms with Crippen LogP contribution in [0.4, 0.5) is 5.69 Å². The molecule has 1 aromatic carbocycles. The molecule has 0 saturated heterocycles. The van der Waals surface area contributed by atoms with Crippen LogP contribution in [0.15, 0.2) is 24.3 Å². The number of hydrogen-bond donors (Lipinski definition) is 1. The number of nitrogen functional groups attached to an aromatic ring is 1. The van der Waals surface area contributed by atoms with E-state index in [-0.39, 0.29) is 18.6 Å². The molecule has 19 heavy (non-hydrogen) atoms. The summed E-state index contributed by atoms with van der Waals surface area (Å²) in [6, 6.07) is 7.40. The first-order valence-corrected chi connectivity index (χ1v) is 6.64. The van der Waals surface area contributed by atoms with Gasteiger partial charge in [-0.1, -0.05) is 26.0 Å². The van der Waals surface area contributed by atoms with Crippen molar-refractivity contribution in [1.82, 2.24) is 4.90 Å². The Bertz CT molecular complexity index is 418. The monoisotopic (exact) mass is 264 g/mol. The molecule has 0 aromatic heterocycles. The number of amides is 1. The van der Waals surface area contributed by atoms with E-state index in [0.29, 0.717) is 17.4 Å².